The molecule has 0 bridgehead atoms. The summed E-state index contributed by atoms with van der Waals surface area (Å²) in [6.07, 6.45) is 0. The summed E-state index contributed by atoms with van der Waals surface area (Å²) in [5, 5.41) is 8.81. The van der Waals surface area contributed by atoms with Gasteiger partial charge in [0, 0.05) is 11.4 Å². The van der Waals surface area contributed by atoms with Crippen LogP contribution in [0.15, 0.2) is 29.1 Å². The Morgan fingerprint density at radius 1 is 1.36 bits per heavy atom. The molecule has 1 aromatic heterocycles. The molecule has 0 spiro atoms. The number of carboxylic acids is 1. The first-order valence-corrected chi connectivity index (χ1v) is 7.66. The predicted octanol–water partition coefficient (Wildman–Crippen LogP) is 2.02. The number of H-pyrrole nitrogens is 1. The van der Waals surface area contributed by atoms with Crippen molar-refractivity contribution in [2.45, 2.75) is 13.5 Å². The lowest BCUT2D eigenvalue weighted by atomic mass is 10.1. The number of hydrogen-bond acceptors (Lipinski definition) is 5. The molecule has 0 radical (unpaired) electrons. The van der Waals surface area contributed by atoms with E-state index in [1.54, 1.807) is 11.9 Å². The summed E-state index contributed by atoms with van der Waals surface area (Å²) in [7, 11) is 1.71. The van der Waals surface area contributed by atoms with Crippen molar-refractivity contribution in [3.8, 4) is 17.0 Å². The van der Waals surface area contributed by atoms with Crippen LogP contribution in [-0.4, -0.2) is 41.2 Å². The number of aliphatic carboxylic acids is 1. The molecule has 118 valence electrons. The van der Waals surface area contributed by atoms with Crippen LogP contribution >= 0.6 is 11.3 Å². The quantitative estimate of drug-likeness (QED) is 0.815. The molecule has 0 saturated carbocycles. The minimum absolute atomic E-state index is 0.0746. The van der Waals surface area contributed by atoms with Crippen LogP contribution < -0.4 is 9.61 Å². The molecule has 0 unspecified atom stereocenters. The number of rotatable bonds is 7. The third kappa shape index (κ3) is 4.19. The molecule has 7 heteroatoms. The Bertz CT molecular complexity index is 690. The Labute approximate surface area is 132 Å². The number of likely N-dealkylation sites (N-methyl/N-ethyl adjacent to an activating group) is 1. The summed E-state index contributed by atoms with van der Waals surface area (Å²) < 4.78 is 5.40. The van der Waals surface area contributed by atoms with Gasteiger partial charge in [-0.05, 0) is 43.8 Å². The van der Waals surface area contributed by atoms with Crippen molar-refractivity contribution < 1.29 is 14.6 Å². The molecule has 6 nitrogen and oxygen atoms in total. The van der Waals surface area contributed by atoms with Crippen LogP contribution in [0.5, 0.6) is 5.75 Å². The molecule has 0 amide bonds. The molecule has 0 saturated heterocycles. The van der Waals surface area contributed by atoms with E-state index in [-0.39, 0.29) is 11.4 Å². The van der Waals surface area contributed by atoms with Gasteiger partial charge in [0.15, 0.2) is 0 Å². The number of aromatic nitrogens is 1. The maximum absolute atomic E-state index is 11.7. The van der Waals surface area contributed by atoms with Crippen molar-refractivity contribution in [3.63, 3.8) is 0 Å². The van der Waals surface area contributed by atoms with Crippen LogP contribution in [0.2, 0.25) is 0 Å². The first kappa shape index (κ1) is 16.3. The monoisotopic (exact) mass is 322 g/mol. The van der Waals surface area contributed by atoms with Gasteiger partial charge in [-0.25, -0.2) is 0 Å². The Morgan fingerprint density at radius 2 is 2.05 bits per heavy atom. The lowest BCUT2D eigenvalue weighted by molar-refractivity contribution is -0.138. The zero-order chi connectivity index (χ0) is 16.1. The van der Waals surface area contributed by atoms with Gasteiger partial charge in [-0.2, -0.15) is 0 Å². The lowest BCUT2D eigenvalue weighted by Crippen LogP contribution is -2.24. The van der Waals surface area contributed by atoms with E-state index in [0.717, 1.165) is 33.2 Å². The van der Waals surface area contributed by atoms with Gasteiger partial charge in [0.2, 0.25) is 0 Å². The molecule has 0 aliphatic rings. The number of thiazole rings is 1. The number of nitrogens with one attached hydrogen (secondary N) is 1. The second-order valence-electron chi connectivity index (χ2n) is 4.84. The Morgan fingerprint density at radius 3 is 2.64 bits per heavy atom. The zero-order valence-electron chi connectivity index (χ0n) is 12.5. The van der Waals surface area contributed by atoms with Gasteiger partial charge in [0.05, 0.1) is 18.8 Å². The van der Waals surface area contributed by atoms with Crippen molar-refractivity contribution in [1.29, 1.82) is 0 Å². The smallest absolute Gasteiger partial charge is 0.317 e. The summed E-state index contributed by atoms with van der Waals surface area (Å²) in [4.78, 5) is 27.5. The molecule has 2 aromatic rings. The summed E-state index contributed by atoms with van der Waals surface area (Å²) in [6.45, 7) is 2.84. The third-order valence-electron chi connectivity index (χ3n) is 2.99. The molecule has 1 heterocycles. The molecule has 22 heavy (non-hydrogen) atoms. The fourth-order valence-corrected chi connectivity index (χ4v) is 3.05. The number of nitrogens with zero attached hydrogens (tertiary/aromatic N) is 1. The van der Waals surface area contributed by atoms with E-state index < -0.39 is 5.97 Å². The first-order valence-electron chi connectivity index (χ1n) is 6.85. The van der Waals surface area contributed by atoms with Crippen LogP contribution in [0.1, 0.15) is 11.8 Å². The van der Waals surface area contributed by atoms with Gasteiger partial charge in [0.25, 0.3) is 0 Å². The van der Waals surface area contributed by atoms with Crippen molar-refractivity contribution in [1.82, 2.24) is 9.88 Å². The van der Waals surface area contributed by atoms with Gasteiger partial charge < -0.3 is 14.8 Å². The summed E-state index contributed by atoms with van der Waals surface area (Å²) in [5.74, 6) is -0.124. The maximum Gasteiger partial charge on any atom is 0.317 e. The van der Waals surface area contributed by atoms with Crippen LogP contribution in [0, 0.1) is 0 Å². The number of hydrogen-bond donors (Lipinski definition) is 2. The minimum Gasteiger partial charge on any atom is -0.494 e. The highest BCUT2D eigenvalue weighted by molar-refractivity contribution is 7.09. The highest BCUT2D eigenvalue weighted by Crippen LogP contribution is 2.26. The van der Waals surface area contributed by atoms with E-state index in [1.165, 1.54) is 0 Å². The molecule has 0 atom stereocenters. The maximum atomic E-state index is 11.7. The number of benzene rings is 1. The van der Waals surface area contributed by atoms with Gasteiger partial charge in [-0.1, -0.05) is 11.3 Å². The van der Waals surface area contributed by atoms with E-state index in [4.69, 9.17) is 9.84 Å². The van der Waals surface area contributed by atoms with Crippen molar-refractivity contribution in [3.05, 3.63) is 38.8 Å². The number of aromatic amines is 1. The van der Waals surface area contributed by atoms with Crippen LogP contribution in [0.4, 0.5) is 0 Å². The van der Waals surface area contributed by atoms with Crippen LogP contribution in [0.25, 0.3) is 11.3 Å². The molecule has 0 fully saturated rings. The van der Waals surface area contributed by atoms with Gasteiger partial charge in [-0.3, -0.25) is 14.5 Å². The molecule has 0 aliphatic heterocycles. The van der Waals surface area contributed by atoms with Crippen LogP contribution in [0.3, 0.4) is 0 Å². The minimum atomic E-state index is -0.895. The highest BCUT2D eigenvalue weighted by atomic mass is 32.1. The summed E-state index contributed by atoms with van der Waals surface area (Å²) >= 11 is 1.10. The average Bonchev–Trinajstić information content (AvgIpc) is 2.79. The molecular weight excluding hydrogens is 304 g/mol. The van der Waals surface area contributed by atoms with Gasteiger partial charge in [0.1, 0.15) is 5.75 Å². The Balaban J connectivity index is 2.23. The van der Waals surface area contributed by atoms with Crippen molar-refractivity contribution in [2.75, 3.05) is 20.2 Å². The summed E-state index contributed by atoms with van der Waals surface area (Å²) in [5.41, 5.74) is 1.61. The van der Waals surface area contributed by atoms with E-state index in [0.29, 0.717) is 13.2 Å². The van der Waals surface area contributed by atoms with E-state index in [1.807, 2.05) is 31.2 Å². The average molecular weight is 322 g/mol. The molecule has 1 aromatic carbocycles. The lowest BCUT2D eigenvalue weighted by Gasteiger charge is -2.13. The number of ether oxygens (including phenoxy) is 1. The van der Waals surface area contributed by atoms with Crippen LogP contribution in [-0.2, 0) is 11.3 Å². The fraction of sp³-hybridized carbons (Fsp3) is 0.333. The normalized spacial score (nSPS) is 10.9. The van der Waals surface area contributed by atoms with E-state index >= 15 is 0 Å². The second-order valence-corrected chi connectivity index (χ2v) is 5.90. The highest BCUT2D eigenvalue weighted by Gasteiger charge is 2.14. The first-order chi connectivity index (χ1) is 10.5. The van der Waals surface area contributed by atoms with Gasteiger partial charge >= 0.3 is 10.8 Å². The Kier molecular flexibility index (Phi) is 5.35. The zero-order valence-corrected chi connectivity index (χ0v) is 13.3. The van der Waals surface area contributed by atoms with Crippen molar-refractivity contribution >= 4 is 17.3 Å². The number of carboxylic acid groups (broad SMARTS) is 1. The van der Waals surface area contributed by atoms with Gasteiger partial charge in [-0.15, -0.1) is 0 Å². The summed E-state index contributed by atoms with van der Waals surface area (Å²) in [6, 6.07) is 7.45. The van der Waals surface area contributed by atoms with Crippen molar-refractivity contribution in [2.24, 2.45) is 0 Å². The molecule has 0 aliphatic carbocycles. The largest absolute Gasteiger partial charge is 0.494 e. The number of carbonyl (C=O) groups is 1. The molecular formula is C15H18N2O4S. The predicted molar refractivity (Wildman–Crippen MR) is 85.5 cm³/mol. The Hall–Kier alpha value is -2.12. The molecule has 2 N–H and O–H groups in total. The molecule has 2 rings (SSSR count). The fourth-order valence-electron chi connectivity index (χ4n) is 2.12. The topological polar surface area (TPSA) is 82.6 Å². The van der Waals surface area contributed by atoms with E-state index in [2.05, 4.69) is 4.98 Å². The third-order valence-corrected chi connectivity index (χ3v) is 3.86. The standard InChI is InChI=1S/C15H18N2O4S/c1-3-21-11-6-4-10(5-7-11)14-12(22-15(20)16-14)8-17(2)9-13(18)19/h4-7H,3,8-9H2,1-2H3,(H,16,20)(H,18,19). The second kappa shape index (κ2) is 7.24. The SMILES string of the molecule is CCOc1ccc(-c2[nH]c(=O)sc2CN(C)CC(=O)O)cc1. The van der Waals surface area contributed by atoms with E-state index in [9.17, 15) is 9.59 Å².